The van der Waals surface area contributed by atoms with E-state index in [1.807, 2.05) is 26.8 Å². The summed E-state index contributed by atoms with van der Waals surface area (Å²) in [6.07, 6.45) is 11.3. The molecule has 0 amide bonds. The van der Waals surface area contributed by atoms with Gasteiger partial charge in [-0.05, 0) is 107 Å². The minimum absolute atomic E-state index is 0. The Morgan fingerprint density at radius 3 is 1.60 bits per heavy atom. The number of aryl methyl sites for hydroxylation is 4. The van der Waals surface area contributed by atoms with Crippen molar-refractivity contribution in [2.75, 3.05) is 41.7 Å². The van der Waals surface area contributed by atoms with Gasteiger partial charge in [0, 0.05) is 48.1 Å². The molecule has 4 aromatic heterocycles. The van der Waals surface area contributed by atoms with E-state index in [-0.39, 0.29) is 39.3 Å². The number of halogens is 3. The topological polar surface area (TPSA) is 151 Å². The Hall–Kier alpha value is -4.57. The summed E-state index contributed by atoms with van der Waals surface area (Å²) in [5.74, 6) is 3.20. The minimum atomic E-state index is -0.0878. The number of nitrogens with one attached hydrogen (secondary N) is 3. The Kier molecular flexibility index (Phi) is 19.1. The number of hydrogen-bond donors (Lipinski definition) is 3. The molecule has 0 bridgehead atoms. The summed E-state index contributed by atoms with van der Waals surface area (Å²) in [6, 6.07) is 10.7. The van der Waals surface area contributed by atoms with Crippen LogP contribution in [0.15, 0.2) is 60.9 Å². The van der Waals surface area contributed by atoms with Crippen molar-refractivity contribution in [2.24, 2.45) is 0 Å². The lowest BCUT2D eigenvalue weighted by Gasteiger charge is -2.28. The van der Waals surface area contributed by atoms with E-state index in [1.165, 1.54) is 86.6 Å². The monoisotopic (exact) mass is 952 g/mol. The lowest BCUT2D eigenvalue weighted by molar-refractivity contribution is 0.0988. The molecular weight excluding hydrogens is 895 g/mol. The summed E-state index contributed by atoms with van der Waals surface area (Å²) in [7, 11) is 0. The number of thiazole rings is 2. The molecule has 6 heterocycles. The van der Waals surface area contributed by atoms with Gasteiger partial charge in [-0.2, -0.15) is 0 Å². The highest BCUT2D eigenvalue weighted by Crippen LogP contribution is 2.29. The van der Waals surface area contributed by atoms with Crippen LogP contribution in [0, 0.1) is 27.7 Å². The van der Waals surface area contributed by atoms with Crippen molar-refractivity contribution in [2.45, 2.75) is 93.9 Å². The summed E-state index contributed by atoms with van der Waals surface area (Å²) < 4.78 is 15.4. The summed E-state index contributed by atoms with van der Waals surface area (Å²) in [5.41, 5.74) is 3.15. The van der Waals surface area contributed by atoms with Crippen LogP contribution >= 0.6 is 57.5 Å². The van der Waals surface area contributed by atoms with Gasteiger partial charge >= 0.3 is 0 Å². The highest BCUT2D eigenvalue weighted by molar-refractivity contribution is 7.17. The number of anilines is 5. The average Bonchev–Trinajstić information content (AvgIpc) is 3.91. The normalized spacial score (nSPS) is 13.7. The highest BCUT2D eigenvalue weighted by atomic mass is 35.5. The van der Waals surface area contributed by atoms with E-state index in [9.17, 15) is 9.59 Å². The zero-order valence-electron chi connectivity index (χ0n) is 36.5. The van der Waals surface area contributed by atoms with Gasteiger partial charge in [-0.1, -0.05) is 103 Å². The third-order valence-corrected chi connectivity index (χ3v) is 12.5. The Balaban J connectivity index is 0.000000247. The van der Waals surface area contributed by atoms with Crippen molar-refractivity contribution in [1.29, 1.82) is 0 Å². The molecule has 2 aromatic carbocycles. The van der Waals surface area contributed by atoms with Gasteiger partial charge in [0.25, 0.3) is 0 Å². The van der Waals surface area contributed by atoms with Crippen LogP contribution in [-0.4, -0.2) is 67.6 Å². The molecule has 63 heavy (non-hydrogen) atoms. The molecule has 6 aromatic rings. The number of nitrogens with zero attached hydrogens (tertiary/aromatic N) is 7. The Bertz CT molecular complexity index is 2470. The molecular formula is C46H57Cl3N10O2S2. The molecule has 0 radical (unpaired) electrons. The largest absolute Gasteiger partial charge is 0.356 e. The maximum atomic E-state index is 12.8. The number of aromatic nitrogens is 6. The number of hydrogen-bond acceptors (Lipinski definition) is 14. The first-order chi connectivity index (χ1) is 30.2. The van der Waals surface area contributed by atoms with Crippen LogP contribution in [0.2, 0.25) is 15.2 Å². The third-order valence-electron chi connectivity index (χ3n) is 9.77. The van der Waals surface area contributed by atoms with Crippen LogP contribution in [0.5, 0.6) is 0 Å². The number of carbonyl (C=O) groups excluding carboxylic acids is 2. The van der Waals surface area contributed by atoms with Crippen molar-refractivity contribution in [3.63, 3.8) is 0 Å². The molecule has 2 saturated heterocycles. The second-order valence-corrected chi connectivity index (χ2v) is 17.8. The molecule has 0 atom stereocenters. The zero-order valence-corrected chi connectivity index (χ0v) is 38.4. The molecule has 0 spiro atoms. The fourth-order valence-electron chi connectivity index (χ4n) is 6.59. The molecule has 0 saturated carbocycles. The quantitative estimate of drug-likeness (QED) is 0.0837. The molecule has 2 aliphatic heterocycles. The number of piperidine rings is 2. The second-order valence-electron chi connectivity index (χ2n) is 14.6. The summed E-state index contributed by atoms with van der Waals surface area (Å²) in [6.45, 7) is 11.8. The first-order valence-corrected chi connectivity index (χ1v) is 22.8. The van der Waals surface area contributed by atoms with Crippen molar-refractivity contribution < 1.29 is 12.3 Å². The predicted molar refractivity (Wildman–Crippen MR) is 264 cm³/mol. The van der Waals surface area contributed by atoms with E-state index in [2.05, 4.69) is 50.8 Å². The molecule has 2 aliphatic rings. The number of ketones is 2. The fraction of sp³-hybridized carbons (Fsp3) is 0.391. The molecule has 336 valence electrons. The van der Waals surface area contributed by atoms with E-state index in [0.717, 1.165) is 41.2 Å². The SMILES string of the molecule is C.C.C1CCNCC1.[2H]c1cc(C)c(CC(=O)c2cnc(Nc3cc(Cl)nc(C)n3)s2)c(Cl)c1.[2H]c1cc(C)c(CC(=O)c2cnc(Nc3cc(N4CCCCC4)nc(C)n3)s2)c(Cl)c1. The summed E-state index contributed by atoms with van der Waals surface area (Å²) >= 11 is 20.9. The molecule has 17 heteroatoms. The van der Waals surface area contributed by atoms with Crippen LogP contribution < -0.4 is 20.9 Å². The lowest BCUT2D eigenvalue weighted by atomic mass is 10.0. The number of Topliss-reactive ketones (excluding diaryl/α,β-unsaturated/α-hetero) is 2. The van der Waals surface area contributed by atoms with Crippen LogP contribution in [0.4, 0.5) is 27.7 Å². The van der Waals surface area contributed by atoms with Crippen LogP contribution in [-0.2, 0) is 12.8 Å². The number of rotatable bonds is 11. The Labute approximate surface area is 397 Å². The predicted octanol–water partition coefficient (Wildman–Crippen LogP) is 12.4. The smallest absolute Gasteiger partial charge is 0.188 e. The number of carbonyl (C=O) groups is 2. The molecule has 3 N–H and O–H groups in total. The van der Waals surface area contributed by atoms with Crippen molar-refractivity contribution in [3.05, 3.63) is 120 Å². The van der Waals surface area contributed by atoms with Gasteiger partial charge in [-0.15, -0.1) is 0 Å². The van der Waals surface area contributed by atoms with E-state index < -0.39 is 0 Å². The van der Waals surface area contributed by atoms with Gasteiger partial charge < -0.3 is 20.9 Å². The van der Waals surface area contributed by atoms with Gasteiger partial charge in [-0.3, -0.25) is 9.59 Å². The van der Waals surface area contributed by atoms with Crippen molar-refractivity contribution in [1.82, 2.24) is 35.2 Å². The second kappa shape index (κ2) is 25.1. The van der Waals surface area contributed by atoms with E-state index in [1.54, 1.807) is 37.4 Å². The van der Waals surface area contributed by atoms with Crippen molar-refractivity contribution >= 4 is 96.8 Å². The van der Waals surface area contributed by atoms with Gasteiger partial charge in [0.1, 0.15) is 34.3 Å². The average molecular weight is 955 g/mol. The van der Waals surface area contributed by atoms with Gasteiger partial charge in [0.05, 0.1) is 24.9 Å². The van der Waals surface area contributed by atoms with Gasteiger partial charge in [0.2, 0.25) is 0 Å². The molecule has 0 aliphatic carbocycles. The first kappa shape index (κ1) is 47.9. The van der Waals surface area contributed by atoms with E-state index in [0.29, 0.717) is 70.6 Å². The van der Waals surface area contributed by atoms with Crippen LogP contribution in [0.1, 0.15) is 109 Å². The minimum Gasteiger partial charge on any atom is -0.356 e. The molecule has 0 unspecified atom stereocenters. The Morgan fingerprint density at radius 2 is 1.16 bits per heavy atom. The molecule has 12 nitrogen and oxygen atoms in total. The van der Waals surface area contributed by atoms with Crippen LogP contribution in [0.25, 0.3) is 0 Å². The maximum Gasteiger partial charge on any atom is 0.188 e. The van der Waals surface area contributed by atoms with E-state index >= 15 is 0 Å². The third kappa shape index (κ3) is 15.3. The zero-order chi connectivity index (χ0) is 45.0. The number of benzene rings is 2. The maximum absolute atomic E-state index is 12.8. The van der Waals surface area contributed by atoms with Crippen molar-refractivity contribution in [3.8, 4) is 0 Å². The molecule has 2 fully saturated rings. The standard InChI is InChI=1S/C22H24ClN5OS.C17H14Cl2N4OS.C5H11N.2CH4/c1-14-7-6-8-17(23)16(14)11-18(29)19-13-24-22(30-19)27-20-12-21(26-15(2)25-20)28-9-4-3-5-10-28;1-9-4-3-5-12(18)11(9)6-13(24)14-8-20-17(25-14)23-16-7-15(19)21-10(2)22-16;1-2-4-6-5-3-1;;/h6-8,12-13H,3-5,9-11H2,1-2H3,(H,24,25,26,27);3-5,7-8H,6H2,1-2H3,(H,20,21,22,23);6H,1-5H2;2*1H4/i6D;3D;;;. The lowest BCUT2D eigenvalue weighted by Crippen LogP contribution is -2.30. The molecule has 8 rings (SSSR count). The Morgan fingerprint density at radius 1 is 0.683 bits per heavy atom. The van der Waals surface area contributed by atoms with E-state index in [4.69, 9.17) is 37.5 Å². The summed E-state index contributed by atoms with van der Waals surface area (Å²) in [4.78, 5) is 54.5. The highest BCUT2D eigenvalue weighted by Gasteiger charge is 2.18. The van der Waals surface area contributed by atoms with Crippen LogP contribution in [0.3, 0.4) is 0 Å². The van der Waals surface area contributed by atoms with Gasteiger partial charge in [-0.25, -0.2) is 29.9 Å². The summed E-state index contributed by atoms with van der Waals surface area (Å²) in [5, 5.41) is 11.9. The first-order valence-electron chi connectivity index (χ1n) is 21.1. The fourth-order valence-corrected chi connectivity index (χ4v) is 8.89. The van der Waals surface area contributed by atoms with Gasteiger partial charge in [0.15, 0.2) is 21.8 Å².